The zero-order valence-electron chi connectivity index (χ0n) is 24.0. The zero-order chi connectivity index (χ0) is 27.9. The molecule has 2 saturated carbocycles. The van der Waals surface area contributed by atoms with Crippen LogP contribution in [-0.2, 0) is 0 Å². The number of fused-ring (bicyclic) bond motifs is 1. The number of allylic oxidation sites excluding steroid dienone is 2. The standard InChI is InChI=1S/C32H43ClN4O2/c1-31(2)29(32(3,4)30(31)39-25-8-7-21(15-34)26(33)14-25)11-9-27(35-5)28(38)10-6-20-12-24(13-20)37-18-22-16-36-17-23(22)19-37/h7-8,14,20,22-24,29-30,35-36,38H,9,11-13,16-19H2,1-5H3/b28-27+/t20?,22?,23?,24?,29-,30-. The average molecular weight is 551 g/mol. The van der Waals surface area contributed by atoms with Crippen molar-refractivity contribution < 1.29 is 9.84 Å². The zero-order valence-corrected chi connectivity index (χ0v) is 24.7. The van der Waals surface area contributed by atoms with Crippen LogP contribution in [-0.4, -0.2) is 55.4 Å². The molecule has 1 aromatic rings. The van der Waals surface area contributed by atoms with Gasteiger partial charge in [-0.2, -0.15) is 5.26 Å². The molecule has 2 saturated heterocycles. The Morgan fingerprint density at radius 1 is 1.18 bits per heavy atom. The van der Waals surface area contributed by atoms with E-state index in [-0.39, 0.29) is 22.7 Å². The predicted molar refractivity (Wildman–Crippen MR) is 155 cm³/mol. The van der Waals surface area contributed by atoms with Crippen LogP contribution >= 0.6 is 11.6 Å². The summed E-state index contributed by atoms with van der Waals surface area (Å²) >= 11 is 6.23. The molecule has 210 valence electrons. The first kappa shape index (κ1) is 28.2. The van der Waals surface area contributed by atoms with E-state index < -0.39 is 0 Å². The van der Waals surface area contributed by atoms with Gasteiger partial charge in [-0.05, 0) is 74.6 Å². The molecule has 0 aromatic heterocycles. The van der Waals surface area contributed by atoms with Crippen LogP contribution in [0.5, 0.6) is 5.75 Å². The second-order valence-electron chi connectivity index (χ2n) is 13.3. The molecule has 39 heavy (non-hydrogen) atoms. The Kier molecular flexibility index (Phi) is 7.86. The molecule has 3 N–H and O–H groups in total. The van der Waals surface area contributed by atoms with Crippen molar-refractivity contribution in [1.82, 2.24) is 15.5 Å². The molecular weight excluding hydrogens is 508 g/mol. The summed E-state index contributed by atoms with van der Waals surface area (Å²) in [7, 11) is 1.86. The Hall–Kier alpha value is -2.38. The van der Waals surface area contributed by atoms with Gasteiger partial charge in [-0.1, -0.05) is 45.2 Å². The Morgan fingerprint density at radius 3 is 2.44 bits per heavy atom. The highest BCUT2D eigenvalue weighted by molar-refractivity contribution is 6.31. The lowest BCUT2D eigenvalue weighted by Gasteiger charge is -2.63. The maximum Gasteiger partial charge on any atom is 0.186 e. The van der Waals surface area contributed by atoms with Crippen molar-refractivity contribution >= 4 is 11.6 Å². The molecule has 4 aliphatic rings. The van der Waals surface area contributed by atoms with E-state index in [1.165, 1.54) is 26.2 Å². The summed E-state index contributed by atoms with van der Waals surface area (Å²) in [5.41, 5.74) is 1.14. The van der Waals surface area contributed by atoms with Crippen molar-refractivity contribution in [3.8, 4) is 23.7 Å². The number of nitrogens with one attached hydrogen (secondary N) is 2. The number of nitriles is 1. The van der Waals surface area contributed by atoms with Crippen LogP contribution in [0, 0.1) is 57.7 Å². The molecule has 6 nitrogen and oxygen atoms in total. The fraction of sp³-hybridized carbons (Fsp3) is 0.656. The van der Waals surface area contributed by atoms with Crippen molar-refractivity contribution in [1.29, 1.82) is 5.26 Å². The number of halogens is 1. The Morgan fingerprint density at radius 2 is 1.85 bits per heavy atom. The fourth-order valence-electron chi connectivity index (χ4n) is 8.12. The molecule has 2 atom stereocenters. The van der Waals surface area contributed by atoms with Gasteiger partial charge in [-0.15, -0.1) is 0 Å². The largest absolute Gasteiger partial charge is 0.499 e. The first-order chi connectivity index (χ1) is 18.5. The van der Waals surface area contributed by atoms with Gasteiger partial charge in [0.2, 0.25) is 0 Å². The summed E-state index contributed by atoms with van der Waals surface area (Å²) in [6.07, 6.45) is 3.92. The third kappa shape index (κ3) is 5.37. The minimum Gasteiger partial charge on any atom is -0.499 e. The third-order valence-corrected chi connectivity index (χ3v) is 10.5. The van der Waals surface area contributed by atoms with Gasteiger partial charge < -0.3 is 20.5 Å². The van der Waals surface area contributed by atoms with Crippen LogP contribution in [0.15, 0.2) is 29.7 Å². The molecule has 2 heterocycles. The maximum absolute atomic E-state index is 10.8. The lowest BCUT2D eigenvalue weighted by Crippen LogP contribution is -2.65. The van der Waals surface area contributed by atoms with Crippen molar-refractivity contribution in [2.75, 3.05) is 33.2 Å². The average Bonchev–Trinajstić information content (AvgIpc) is 3.46. The second-order valence-corrected chi connectivity index (χ2v) is 13.7. The molecule has 1 aromatic carbocycles. The van der Waals surface area contributed by atoms with Crippen LogP contribution in [0.25, 0.3) is 0 Å². The van der Waals surface area contributed by atoms with Gasteiger partial charge in [0.25, 0.3) is 0 Å². The Balaban J connectivity index is 1.14. The Bertz CT molecular complexity index is 1190. The van der Waals surface area contributed by atoms with E-state index in [0.29, 0.717) is 34.2 Å². The van der Waals surface area contributed by atoms with Gasteiger partial charge >= 0.3 is 0 Å². The van der Waals surface area contributed by atoms with E-state index in [4.69, 9.17) is 21.6 Å². The van der Waals surface area contributed by atoms with Crippen molar-refractivity contribution in [3.63, 3.8) is 0 Å². The van der Waals surface area contributed by atoms with Crippen molar-refractivity contribution in [2.24, 2.45) is 34.5 Å². The molecule has 0 bridgehead atoms. The molecular formula is C32H43ClN4O2. The molecule has 4 fully saturated rings. The fourth-order valence-corrected chi connectivity index (χ4v) is 8.33. The number of aliphatic hydroxyl groups is 1. The highest BCUT2D eigenvalue weighted by Crippen LogP contribution is 2.62. The molecule has 2 unspecified atom stereocenters. The highest BCUT2D eigenvalue weighted by Gasteiger charge is 2.62. The third-order valence-electron chi connectivity index (χ3n) is 10.2. The summed E-state index contributed by atoms with van der Waals surface area (Å²) in [5, 5.41) is 27.1. The lowest BCUT2D eigenvalue weighted by molar-refractivity contribution is -0.200. The van der Waals surface area contributed by atoms with Crippen LogP contribution in [0.2, 0.25) is 5.02 Å². The van der Waals surface area contributed by atoms with E-state index in [1.807, 2.05) is 13.1 Å². The van der Waals surface area contributed by atoms with Crippen LogP contribution < -0.4 is 15.4 Å². The summed E-state index contributed by atoms with van der Waals surface area (Å²) < 4.78 is 6.42. The number of aliphatic hydroxyl groups excluding tert-OH is 1. The first-order valence-electron chi connectivity index (χ1n) is 14.5. The number of likely N-dealkylation sites (tertiary alicyclic amines) is 1. The topological polar surface area (TPSA) is 80.5 Å². The highest BCUT2D eigenvalue weighted by atomic mass is 35.5. The first-order valence-corrected chi connectivity index (χ1v) is 14.8. The van der Waals surface area contributed by atoms with E-state index in [9.17, 15) is 5.11 Å². The Labute approximate surface area is 239 Å². The molecule has 0 spiro atoms. The summed E-state index contributed by atoms with van der Waals surface area (Å²) in [6.45, 7) is 13.8. The number of hydrogen-bond acceptors (Lipinski definition) is 6. The minimum absolute atomic E-state index is 0.00686. The van der Waals surface area contributed by atoms with Crippen LogP contribution in [0.4, 0.5) is 0 Å². The van der Waals surface area contributed by atoms with Gasteiger partial charge in [0.1, 0.15) is 17.9 Å². The van der Waals surface area contributed by atoms with Crippen LogP contribution in [0.1, 0.15) is 58.9 Å². The summed E-state index contributed by atoms with van der Waals surface area (Å²) in [6, 6.07) is 8.03. The van der Waals surface area contributed by atoms with E-state index in [0.717, 1.165) is 43.2 Å². The van der Waals surface area contributed by atoms with Crippen molar-refractivity contribution in [2.45, 2.75) is 65.5 Å². The van der Waals surface area contributed by atoms with Crippen LogP contribution in [0.3, 0.4) is 0 Å². The minimum atomic E-state index is -0.0604. The molecule has 0 radical (unpaired) electrons. The van der Waals surface area contributed by atoms with E-state index >= 15 is 0 Å². The SMILES string of the molecule is CN/C(CC[C@H]1C(C)(C)[C@H](Oc2ccc(C#N)c(Cl)c2)C1(C)C)=C(/O)C#CC1CC(N2CC3CNCC3C2)C1. The number of benzene rings is 1. The maximum atomic E-state index is 10.8. The monoisotopic (exact) mass is 550 g/mol. The smallest absolute Gasteiger partial charge is 0.186 e. The van der Waals surface area contributed by atoms with Gasteiger partial charge in [0.05, 0.1) is 16.3 Å². The second kappa shape index (κ2) is 10.9. The van der Waals surface area contributed by atoms with Crippen molar-refractivity contribution in [3.05, 3.63) is 40.2 Å². The number of nitrogens with zero attached hydrogens (tertiary/aromatic N) is 2. The number of rotatable bonds is 7. The summed E-state index contributed by atoms with van der Waals surface area (Å²) in [4.78, 5) is 2.68. The molecule has 0 amide bonds. The predicted octanol–water partition coefficient (Wildman–Crippen LogP) is 5.34. The van der Waals surface area contributed by atoms with Gasteiger partial charge in [-0.25, -0.2) is 0 Å². The van der Waals surface area contributed by atoms with Gasteiger partial charge in [0.15, 0.2) is 5.76 Å². The molecule has 2 aliphatic carbocycles. The van der Waals surface area contributed by atoms with Gasteiger partial charge in [-0.3, -0.25) is 4.90 Å². The van der Waals surface area contributed by atoms with Gasteiger partial charge in [0, 0.05) is 49.0 Å². The molecule has 5 rings (SSSR count). The number of hydrogen-bond donors (Lipinski definition) is 3. The molecule has 7 heteroatoms. The lowest BCUT2D eigenvalue weighted by atomic mass is 9.44. The summed E-state index contributed by atoms with van der Waals surface area (Å²) in [5.74, 6) is 9.74. The quantitative estimate of drug-likeness (QED) is 0.314. The van der Waals surface area contributed by atoms with E-state index in [1.54, 1.807) is 12.1 Å². The number of ether oxygens (including phenoxy) is 1. The van der Waals surface area contributed by atoms with E-state index in [2.05, 4.69) is 61.1 Å². The normalized spacial score (nSPS) is 32.9. The molecule has 2 aliphatic heterocycles.